The minimum atomic E-state index is -0.569. The summed E-state index contributed by atoms with van der Waals surface area (Å²) in [5.74, 6) is 2.33. The highest BCUT2D eigenvalue weighted by atomic mass is 16.5. The summed E-state index contributed by atoms with van der Waals surface area (Å²) in [6, 6.07) is 59.3. The minimum absolute atomic E-state index is 0.569. The second kappa shape index (κ2) is 10.6. The summed E-state index contributed by atoms with van der Waals surface area (Å²) in [7, 11) is 0. The quantitative estimate of drug-likeness (QED) is 0.191. The molecule has 1 aliphatic heterocycles. The van der Waals surface area contributed by atoms with Gasteiger partial charge in [0.15, 0.2) is 5.82 Å². The van der Waals surface area contributed by atoms with E-state index in [4.69, 9.17) is 19.1 Å². The Morgan fingerprint density at radius 1 is 0.412 bits per heavy atom. The van der Waals surface area contributed by atoms with Gasteiger partial charge in [-0.25, -0.2) is 9.97 Å². The number of rotatable bonds is 3. The summed E-state index contributed by atoms with van der Waals surface area (Å²) in [5.41, 5.74) is 12.9. The Bertz CT molecular complexity index is 2730. The van der Waals surface area contributed by atoms with Gasteiger partial charge in [0.1, 0.15) is 22.7 Å². The molecule has 2 aliphatic rings. The minimum Gasteiger partial charge on any atom is -0.457 e. The maximum absolute atomic E-state index is 6.76. The largest absolute Gasteiger partial charge is 0.457 e. The zero-order valence-corrected chi connectivity index (χ0v) is 27.4. The van der Waals surface area contributed by atoms with Crippen LogP contribution in [0.2, 0.25) is 0 Å². The van der Waals surface area contributed by atoms with Crippen LogP contribution in [0.4, 0.5) is 0 Å². The van der Waals surface area contributed by atoms with Crippen molar-refractivity contribution < 1.29 is 9.15 Å². The molecule has 0 saturated heterocycles. The number of furan rings is 1. The van der Waals surface area contributed by atoms with E-state index in [0.717, 1.165) is 72.6 Å². The lowest BCUT2D eigenvalue weighted by atomic mass is 9.66. The van der Waals surface area contributed by atoms with Gasteiger partial charge in [0.2, 0.25) is 0 Å². The molecule has 0 amide bonds. The van der Waals surface area contributed by atoms with Crippen molar-refractivity contribution in [3.8, 4) is 56.5 Å². The van der Waals surface area contributed by atoms with E-state index in [2.05, 4.69) is 115 Å². The molecule has 3 heterocycles. The number of aromatic nitrogens is 2. The van der Waals surface area contributed by atoms with Crippen molar-refractivity contribution in [2.75, 3.05) is 0 Å². The van der Waals surface area contributed by atoms with Crippen molar-refractivity contribution in [1.82, 2.24) is 9.97 Å². The van der Waals surface area contributed by atoms with E-state index in [1.165, 1.54) is 22.3 Å². The van der Waals surface area contributed by atoms with Crippen LogP contribution in [0.1, 0.15) is 22.3 Å². The van der Waals surface area contributed by atoms with E-state index in [0.29, 0.717) is 5.82 Å². The molecule has 0 atom stereocenters. The summed E-state index contributed by atoms with van der Waals surface area (Å²) in [5, 5.41) is 2.03. The summed E-state index contributed by atoms with van der Waals surface area (Å²) < 4.78 is 13.4. The SMILES string of the molecule is c1ccc(-c2cc(-c3cccc4oc5cc6c(cc5c34)C3(c4ccccc4O6)c4ccccc4-c4ccccc43)nc(-c3ccccc3)n2)cc1. The molecule has 0 fully saturated rings. The third-order valence-corrected chi connectivity index (χ3v) is 10.6. The van der Waals surface area contributed by atoms with Gasteiger partial charge in [-0.2, -0.15) is 0 Å². The Morgan fingerprint density at radius 2 is 1.02 bits per heavy atom. The van der Waals surface area contributed by atoms with Gasteiger partial charge in [-0.3, -0.25) is 0 Å². The van der Waals surface area contributed by atoms with Crippen molar-refractivity contribution in [2.45, 2.75) is 5.41 Å². The summed E-state index contributed by atoms with van der Waals surface area (Å²) in [6.45, 7) is 0. The number of ether oxygens (including phenoxy) is 1. The molecule has 4 heteroatoms. The highest BCUT2D eigenvalue weighted by molar-refractivity contribution is 6.13. The predicted octanol–water partition coefficient (Wildman–Crippen LogP) is 11.8. The van der Waals surface area contributed by atoms with Crippen molar-refractivity contribution in [3.05, 3.63) is 192 Å². The molecule has 1 spiro atoms. The average Bonchev–Trinajstić information content (AvgIpc) is 3.71. The van der Waals surface area contributed by atoms with Crippen LogP contribution in [0, 0.1) is 0 Å². The zero-order valence-electron chi connectivity index (χ0n) is 27.4. The van der Waals surface area contributed by atoms with Crippen LogP contribution >= 0.6 is 0 Å². The van der Waals surface area contributed by atoms with Crippen LogP contribution in [0.25, 0.3) is 67.0 Å². The average molecular weight is 653 g/mol. The van der Waals surface area contributed by atoms with E-state index in [1.54, 1.807) is 0 Å². The highest BCUT2D eigenvalue weighted by Gasteiger charge is 2.51. The first-order valence-electron chi connectivity index (χ1n) is 17.2. The van der Waals surface area contributed by atoms with Crippen LogP contribution in [0.15, 0.2) is 174 Å². The Balaban J connectivity index is 1.22. The first-order chi connectivity index (χ1) is 25.3. The third-order valence-electron chi connectivity index (χ3n) is 10.6. The van der Waals surface area contributed by atoms with E-state index in [9.17, 15) is 0 Å². The van der Waals surface area contributed by atoms with Crippen molar-refractivity contribution in [2.24, 2.45) is 0 Å². The Morgan fingerprint density at radius 3 is 1.76 bits per heavy atom. The fraction of sp³-hybridized carbons (Fsp3) is 0.0213. The Hall–Kier alpha value is -6.78. The standard InChI is InChI=1S/C47H28N2O2/c1-3-14-29(15-4-1)39-27-40(49-46(48-39)30-16-5-2-6-17-30)33-20-13-25-42-45(33)34-26-38-44(28-43(34)51-42)50-41-24-12-11-23-37(41)47(38)35-21-9-7-18-31(35)32-19-8-10-22-36(32)47/h1-28H. The molecule has 0 saturated carbocycles. The number of nitrogens with zero attached hydrogens (tertiary/aromatic N) is 2. The van der Waals surface area contributed by atoms with Gasteiger partial charge in [-0.05, 0) is 46.5 Å². The predicted molar refractivity (Wildman–Crippen MR) is 203 cm³/mol. The van der Waals surface area contributed by atoms with E-state index < -0.39 is 5.41 Å². The van der Waals surface area contributed by atoms with Crippen molar-refractivity contribution >= 4 is 21.9 Å². The molecule has 1 aliphatic carbocycles. The second-order valence-electron chi connectivity index (χ2n) is 13.3. The normalized spacial score (nSPS) is 13.4. The number of hydrogen-bond acceptors (Lipinski definition) is 4. The zero-order chi connectivity index (χ0) is 33.5. The van der Waals surface area contributed by atoms with Gasteiger partial charge in [0.05, 0.1) is 16.8 Å². The van der Waals surface area contributed by atoms with Crippen molar-refractivity contribution in [1.29, 1.82) is 0 Å². The van der Waals surface area contributed by atoms with E-state index in [1.807, 2.05) is 54.6 Å². The van der Waals surface area contributed by atoms with Gasteiger partial charge < -0.3 is 9.15 Å². The number of fused-ring (bicyclic) bond motifs is 12. The van der Waals surface area contributed by atoms with Crippen LogP contribution < -0.4 is 4.74 Å². The molecule has 238 valence electrons. The fourth-order valence-corrected chi connectivity index (χ4v) is 8.45. The molecule has 9 aromatic rings. The molecule has 0 bridgehead atoms. The van der Waals surface area contributed by atoms with Gasteiger partial charge in [-0.1, -0.05) is 140 Å². The molecular weight excluding hydrogens is 625 g/mol. The molecular formula is C47H28N2O2. The molecule has 4 nitrogen and oxygen atoms in total. The molecule has 0 N–H and O–H groups in total. The van der Waals surface area contributed by atoms with Crippen LogP contribution in [-0.4, -0.2) is 9.97 Å². The Labute approximate surface area is 294 Å². The molecule has 2 aromatic heterocycles. The first-order valence-corrected chi connectivity index (χ1v) is 17.2. The van der Waals surface area contributed by atoms with Crippen LogP contribution in [0.5, 0.6) is 11.5 Å². The number of hydrogen-bond donors (Lipinski definition) is 0. The van der Waals surface area contributed by atoms with Crippen LogP contribution in [0.3, 0.4) is 0 Å². The number of benzene rings is 7. The molecule has 0 unspecified atom stereocenters. The van der Waals surface area contributed by atoms with Gasteiger partial charge >= 0.3 is 0 Å². The van der Waals surface area contributed by atoms with E-state index in [-0.39, 0.29) is 0 Å². The van der Waals surface area contributed by atoms with Crippen molar-refractivity contribution in [3.63, 3.8) is 0 Å². The smallest absolute Gasteiger partial charge is 0.160 e. The van der Waals surface area contributed by atoms with E-state index >= 15 is 0 Å². The lowest BCUT2D eigenvalue weighted by Gasteiger charge is -2.39. The van der Waals surface area contributed by atoms with Gasteiger partial charge in [0, 0.05) is 44.7 Å². The van der Waals surface area contributed by atoms with Gasteiger partial charge in [0.25, 0.3) is 0 Å². The highest BCUT2D eigenvalue weighted by Crippen LogP contribution is 2.62. The lowest BCUT2D eigenvalue weighted by Crippen LogP contribution is -2.32. The van der Waals surface area contributed by atoms with Crippen LogP contribution in [-0.2, 0) is 5.41 Å². The lowest BCUT2D eigenvalue weighted by molar-refractivity contribution is 0.436. The second-order valence-corrected chi connectivity index (χ2v) is 13.3. The molecule has 51 heavy (non-hydrogen) atoms. The summed E-state index contributed by atoms with van der Waals surface area (Å²) in [4.78, 5) is 10.3. The maximum atomic E-state index is 6.76. The first kappa shape index (κ1) is 28.1. The maximum Gasteiger partial charge on any atom is 0.160 e. The molecule has 7 aromatic carbocycles. The molecule has 0 radical (unpaired) electrons. The third kappa shape index (κ3) is 3.96. The topological polar surface area (TPSA) is 48.2 Å². The fourth-order valence-electron chi connectivity index (χ4n) is 8.45. The van der Waals surface area contributed by atoms with Gasteiger partial charge in [-0.15, -0.1) is 0 Å². The monoisotopic (exact) mass is 652 g/mol. The summed E-state index contributed by atoms with van der Waals surface area (Å²) in [6.07, 6.45) is 0. The number of para-hydroxylation sites is 1. The Kier molecular flexibility index (Phi) is 5.84. The summed E-state index contributed by atoms with van der Waals surface area (Å²) >= 11 is 0. The molecule has 11 rings (SSSR count).